The van der Waals surface area contributed by atoms with Crippen LogP contribution in [-0.4, -0.2) is 29.8 Å². The Hall–Kier alpha value is -1.75. The Morgan fingerprint density at radius 3 is 3.00 bits per heavy atom. The molecule has 0 radical (unpaired) electrons. The van der Waals surface area contributed by atoms with Crippen molar-refractivity contribution in [1.29, 1.82) is 0 Å². The van der Waals surface area contributed by atoms with Crippen molar-refractivity contribution < 1.29 is 9.13 Å². The number of hydrogen-bond acceptors (Lipinski definition) is 3. The van der Waals surface area contributed by atoms with Gasteiger partial charge in [0.2, 0.25) is 0 Å². The van der Waals surface area contributed by atoms with Crippen molar-refractivity contribution in [1.82, 2.24) is 9.97 Å². The van der Waals surface area contributed by atoms with E-state index in [1.54, 1.807) is 18.5 Å². The number of benzene rings is 1. The summed E-state index contributed by atoms with van der Waals surface area (Å²) in [4.78, 5) is 7.03. The van der Waals surface area contributed by atoms with Crippen molar-refractivity contribution in [3.05, 3.63) is 41.2 Å². The second-order valence-electron chi connectivity index (χ2n) is 3.92. The number of nitrogens with zero attached hydrogens (tertiary/aromatic N) is 1. The number of aromatic nitrogens is 2. The maximum atomic E-state index is 12.0. The summed E-state index contributed by atoms with van der Waals surface area (Å²) in [6, 6.07) is 5.52. The first kappa shape index (κ1) is 13.7. The molecule has 19 heavy (non-hydrogen) atoms. The molecule has 0 saturated heterocycles. The number of halogens is 2. The van der Waals surface area contributed by atoms with Crippen LogP contribution in [0.25, 0.3) is 0 Å². The van der Waals surface area contributed by atoms with Gasteiger partial charge in [-0.25, -0.2) is 9.37 Å². The Labute approximate surface area is 116 Å². The molecule has 0 spiro atoms. The molecule has 6 heteroatoms. The van der Waals surface area contributed by atoms with Crippen molar-refractivity contribution in [2.75, 3.05) is 25.1 Å². The van der Waals surface area contributed by atoms with E-state index in [4.69, 9.17) is 16.3 Å². The van der Waals surface area contributed by atoms with Crippen LogP contribution < -0.4 is 10.1 Å². The van der Waals surface area contributed by atoms with E-state index < -0.39 is 6.67 Å². The fourth-order valence-electron chi connectivity index (χ4n) is 1.65. The first-order chi connectivity index (χ1) is 9.29. The summed E-state index contributed by atoms with van der Waals surface area (Å²) in [6.07, 6.45) is 4.26. The molecule has 0 aliphatic rings. The molecule has 4 nitrogen and oxygen atoms in total. The third-order valence-corrected chi connectivity index (χ3v) is 2.83. The second-order valence-corrected chi connectivity index (χ2v) is 4.32. The van der Waals surface area contributed by atoms with Gasteiger partial charge in [-0.3, -0.25) is 0 Å². The fourth-order valence-corrected chi connectivity index (χ4v) is 1.91. The summed E-state index contributed by atoms with van der Waals surface area (Å²) < 4.78 is 17.2. The highest BCUT2D eigenvalue weighted by molar-refractivity contribution is 6.32. The lowest BCUT2D eigenvalue weighted by atomic mass is 10.1. The van der Waals surface area contributed by atoms with Crippen LogP contribution in [0.3, 0.4) is 0 Å². The van der Waals surface area contributed by atoms with Gasteiger partial charge in [0.05, 0.1) is 5.02 Å². The molecule has 0 aliphatic heterocycles. The highest BCUT2D eigenvalue weighted by Gasteiger charge is 2.03. The standard InChI is InChI=1S/C13H15ClFN3O/c14-11-9-10(1-2-12(11)19-8-4-15)3-5-16-13-17-6-7-18-13/h1-2,6-7,9H,3-5,8H2,(H2,16,17,18). The Morgan fingerprint density at radius 1 is 1.42 bits per heavy atom. The summed E-state index contributed by atoms with van der Waals surface area (Å²) in [5, 5.41) is 3.65. The van der Waals surface area contributed by atoms with E-state index in [0.717, 1.165) is 24.5 Å². The number of nitrogens with one attached hydrogen (secondary N) is 2. The zero-order valence-electron chi connectivity index (χ0n) is 10.3. The molecule has 102 valence electrons. The van der Waals surface area contributed by atoms with Crippen LogP contribution in [0.15, 0.2) is 30.6 Å². The number of H-pyrrole nitrogens is 1. The molecule has 0 unspecified atom stereocenters. The van der Waals surface area contributed by atoms with Gasteiger partial charge in [0, 0.05) is 18.9 Å². The Balaban J connectivity index is 1.85. The lowest BCUT2D eigenvalue weighted by Gasteiger charge is -2.08. The first-order valence-electron chi connectivity index (χ1n) is 6.00. The number of hydrogen-bond donors (Lipinski definition) is 2. The average molecular weight is 284 g/mol. The minimum atomic E-state index is -0.523. The zero-order chi connectivity index (χ0) is 13.5. The molecule has 0 saturated carbocycles. The van der Waals surface area contributed by atoms with Crippen molar-refractivity contribution in [3.8, 4) is 5.75 Å². The van der Waals surface area contributed by atoms with Gasteiger partial charge in [-0.05, 0) is 24.1 Å². The molecule has 0 fully saturated rings. The molecule has 1 aromatic heterocycles. The van der Waals surface area contributed by atoms with E-state index in [0.29, 0.717) is 10.8 Å². The molecule has 1 heterocycles. The van der Waals surface area contributed by atoms with Gasteiger partial charge in [0.25, 0.3) is 0 Å². The topological polar surface area (TPSA) is 49.9 Å². The highest BCUT2D eigenvalue weighted by atomic mass is 35.5. The molecule has 0 atom stereocenters. The van der Waals surface area contributed by atoms with Gasteiger partial charge < -0.3 is 15.0 Å². The van der Waals surface area contributed by atoms with E-state index in [-0.39, 0.29) is 6.61 Å². The third kappa shape index (κ3) is 4.13. The number of anilines is 1. The van der Waals surface area contributed by atoms with Crippen LogP contribution in [0.5, 0.6) is 5.75 Å². The summed E-state index contributed by atoms with van der Waals surface area (Å²) in [6.45, 7) is 0.249. The predicted octanol–water partition coefficient (Wildman–Crippen LogP) is 3.07. The second kappa shape index (κ2) is 6.99. The van der Waals surface area contributed by atoms with E-state index in [1.807, 2.05) is 12.1 Å². The smallest absolute Gasteiger partial charge is 0.200 e. The van der Waals surface area contributed by atoms with Gasteiger partial charge in [0.15, 0.2) is 5.95 Å². The molecule has 2 rings (SSSR count). The molecular formula is C13H15ClFN3O. The minimum absolute atomic E-state index is 0.0269. The number of imidazole rings is 1. The first-order valence-corrected chi connectivity index (χ1v) is 6.38. The van der Waals surface area contributed by atoms with Crippen LogP contribution in [-0.2, 0) is 6.42 Å². The average Bonchev–Trinajstić information content (AvgIpc) is 2.91. The number of aromatic amines is 1. The largest absolute Gasteiger partial charge is 0.489 e. The van der Waals surface area contributed by atoms with Crippen LogP contribution in [0.2, 0.25) is 5.02 Å². The molecule has 0 amide bonds. The van der Waals surface area contributed by atoms with Crippen LogP contribution >= 0.6 is 11.6 Å². The molecule has 2 aromatic rings. The highest BCUT2D eigenvalue weighted by Crippen LogP contribution is 2.25. The maximum Gasteiger partial charge on any atom is 0.200 e. The quantitative estimate of drug-likeness (QED) is 0.821. The van der Waals surface area contributed by atoms with Crippen LogP contribution in [0.4, 0.5) is 10.3 Å². The maximum absolute atomic E-state index is 12.0. The zero-order valence-corrected chi connectivity index (χ0v) is 11.1. The van der Waals surface area contributed by atoms with Crippen molar-refractivity contribution in [2.45, 2.75) is 6.42 Å². The minimum Gasteiger partial charge on any atom is -0.489 e. The third-order valence-electron chi connectivity index (χ3n) is 2.54. The monoisotopic (exact) mass is 283 g/mol. The van der Waals surface area contributed by atoms with Gasteiger partial charge in [-0.2, -0.15) is 0 Å². The van der Waals surface area contributed by atoms with Gasteiger partial charge in [-0.15, -0.1) is 0 Å². The summed E-state index contributed by atoms with van der Waals surface area (Å²) in [5.74, 6) is 1.26. The molecule has 2 N–H and O–H groups in total. The number of ether oxygens (including phenoxy) is 1. The lowest BCUT2D eigenvalue weighted by Crippen LogP contribution is -2.06. The van der Waals surface area contributed by atoms with Crippen molar-refractivity contribution in [2.24, 2.45) is 0 Å². The van der Waals surface area contributed by atoms with Gasteiger partial charge in [-0.1, -0.05) is 17.7 Å². The Kier molecular flexibility index (Phi) is 5.03. The number of rotatable bonds is 7. The van der Waals surface area contributed by atoms with E-state index >= 15 is 0 Å². The van der Waals surface area contributed by atoms with E-state index in [9.17, 15) is 4.39 Å². The van der Waals surface area contributed by atoms with Crippen LogP contribution in [0, 0.1) is 0 Å². The van der Waals surface area contributed by atoms with Crippen LogP contribution in [0.1, 0.15) is 5.56 Å². The van der Waals surface area contributed by atoms with Gasteiger partial charge in [0.1, 0.15) is 19.0 Å². The van der Waals surface area contributed by atoms with Crippen molar-refractivity contribution >= 4 is 17.5 Å². The molecule has 0 aliphatic carbocycles. The Bertz CT molecular complexity index is 505. The molecular weight excluding hydrogens is 269 g/mol. The van der Waals surface area contributed by atoms with Crippen molar-refractivity contribution in [3.63, 3.8) is 0 Å². The number of alkyl halides is 1. The fraction of sp³-hybridized carbons (Fsp3) is 0.308. The predicted molar refractivity (Wildman–Crippen MR) is 73.7 cm³/mol. The normalized spacial score (nSPS) is 10.4. The van der Waals surface area contributed by atoms with E-state index in [1.165, 1.54) is 0 Å². The summed E-state index contributed by atoms with van der Waals surface area (Å²) >= 11 is 6.06. The summed E-state index contributed by atoms with van der Waals surface area (Å²) in [7, 11) is 0. The Morgan fingerprint density at radius 2 is 2.32 bits per heavy atom. The lowest BCUT2D eigenvalue weighted by molar-refractivity contribution is 0.273. The molecule has 0 bridgehead atoms. The summed E-state index contributed by atoms with van der Waals surface area (Å²) in [5.41, 5.74) is 1.08. The molecule has 1 aromatic carbocycles. The SMILES string of the molecule is FCCOc1ccc(CCNc2ncc[nH]2)cc1Cl. The van der Waals surface area contributed by atoms with Gasteiger partial charge >= 0.3 is 0 Å². The van der Waals surface area contributed by atoms with E-state index in [2.05, 4.69) is 15.3 Å².